The van der Waals surface area contributed by atoms with Crippen molar-refractivity contribution < 1.29 is 9.31 Å². The predicted molar refractivity (Wildman–Crippen MR) is 167 cm³/mol. The van der Waals surface area contributed by atoms with E-state index < -0.39 is 0 Å². The average molecular weight is 521 g/mol. The third kappa shape index (κ3) is 4.07. The van der Waals surface area contributed by atoms with Crippen LogP contribution in [0.4, 0.5) is 0 Å². The Morgan fingerprint density at radius 2 is 1.02 bits per heavy atom. The van der Waals surface area contributed by atoms with Crippen molar-refractivity contribution >= 4 is 34.4 Å². The molecule has 0 bridgehead atoms. The lowest BCUT2D eigenvalue weighted by Crippen LogP contribution is -2.41. The summed E-state index contributed by atoms with van der Waals surface area (Å²) >= 11 is 0. The lowest BCUT2D eigenvalue weighted by molar-refractivity contribution is 0.00578. The molecule has 0 saturated carbocycles. The molecule has 0 N–H and O–H groups in total. The second kappa shape index (κ2) is 9.23. The highest BCUT2D eigenvalue weighted by atomic mass is 16.7. The first kappa shape index (κ1) is 24.9. The Balaban J connectivity index is 1.24. The van der Waals surface area contributed by atoms with Crippen LogP contribution in [0.25, 0.3) is 49.7 Å². The molecule has 0 radical (unpaired) electrons. The predicted octanol–water partition coefficient (Wildman–Crippen LogP) is 8.42. The third-order valence-corrected chi connectivity index (χ3v) is 8.68. The zero-order chi connectivity index (χ0) is 27.5. The lowest BCUT2D eigenvalue weighted by Gasteiger charge is -2.32. The smallest absolute Gasteiger partial charge is 0.399 e. The maximum Gasteiger partial charge on any atom is 0.494 e. The van der Waals surface area contributed by atoms with Gasteiger partial charge < -0.3 is 13.9 Å². The number of fused-ring (bicyclic) bond motifs is 3. The van der Waals surface area contributed by atoms with E-state index in [2.05, 4.69) is 154 Å². The Morgan fingerprint density at radius 3 is 1.70 bits per heavy atom. The molecule has 0 unspecified atom stereocenters. The molecule has 1 aliphatic heterocycles. The molecule has 5 aromatic carbocycles. The minimum Gasteiger partial charge on any atom is -0.399 e. The Kier molecular flexibility index (Phi) is 5.74. The molecule has 1 aromatic heterocycles. The SMILES string of the molecule is CC1(C)OB(c2ccc(-c3ccc(-n4c5ccccc5c5ccc(-c6ccccc6)cc54)cc3)cc2)OC1(C)C. The molecule has 196 valence electrons. The van der Waals surface area contributed by atoms with Crippen molar-refractivity contribution in [2.75, 3.05) is 0 Å². The van der Waals surface area contributed by atoms with Gasteiger partial charge in [-0.15, -0.1) is 0 Å². The van der Waals surface area contributed by atoms with Crippen LogP contribution in [0.5, 0.6) is 0 Å². The van der Waals surface area contributed by atoms with Crippen molar-refractivity contribution in [3.05, 3.63) is 121 Å². The minimum absolute atomic E-state index is 0.346. The van der Waals surface area contributed by atoms with Gasteiger partial charge in [-0.2, -0.15) is 0 Å². The molecule has 0 aliphatic carbocycles. The minimum atomic E-state index is -0.350. The summed E-state index contributed by atoms with van der Waals surface area (Å²) in [6.07, 6.45) is 0. The van der Waals surface area contributed by atoms with Gasteiger partial charge in [0.2, 0.25) is 0 Å². The van der Waals surface area contributed by atoms with E-state index in [1.807, 2.05) is 0 Å². The monoisotopic (exact) mass is 521 g/mol. The number of nitrogens with zero attached hydrogens (tertiary/aromatic N) is 1. The van der Waals surface area contributed by atoms with Crippen LogP contribution < -0.4 is 5.46 Å². The molecule has 0 spiro atoms. The molecule has 0 atom stereocenters. The van der Waals surface area contributed by atoms with Crippen molar-refractivity contribution in [2.24, 2.45) is 0 Å². The first-order valence-electron chi connectivity index (χ1n) is 14.0. The Bertz CT molecular complexity index is 1820. The van der Waals surface area contributed by atoms with Gasteiger partial charge >= 0.3 is 7.12 Å². The first-order chi connectivity index (χ1) is 19.3. The molecule has 6 aromatic rings. The first-order valence-corrected chi connectivity index (χ1v) is 14.0. The van der Waals surface area contributed by atoms with Crippen molar-refractivity contribution in [1.29, 1.82) is 0 Å². The number of benzene rings is 5. The van der Waals surface area contributed by atoms with E-state index in [1.54, 1.807) is 0 Å². The summed E-state index contributed by atoms with van der Waals surface area (Å²) in [5, 5.41) is 2.53. The summed E-state index contributed by atoms with van der Waals surface area (Å²) in [5.41, 5.74) is 8.70. The number of para-hydroxylation sites is 1. The summed E-state index contributed by atoms with van der Waals surface area (Å²) in [7, 11) is -0.350. The standard InChI is InChI=1S/C36H32BNO2/c1-35(2)36(3,4)40-37(39-35)29-19-14-26(15-20-29)27-16-21-30(22-17-27)38-33-13-9-8-12-31(33)32-23-18-28(24-34(32)38)25-10-6-5-7-11-25/h5-24H,1-4H3. The van der Waals surface area contributed by atoms with Gasteiger partial charge in [-0.3, -0.25) is 0 Å². The molecular formula is C36H32BNO2. The van der Waals surface area contributed by atoms with Gasteiger partial charge in [-0.1, -0.05) is 97.1 Å². The van der Waals surface area contributed by atoms with Crippen LogP contribution in [-0.4, -0.2) is 22.9 Å². The maximum atomic E-state index is 6.23. The van der Waals surface area contributed by atoms with E-state index in [4.69, 9.17) is 9.31 Å². The van der Waals surface area contributed by atoms with Crippen LogP contribution in [0.15, 0.2) is 121 Å². The van der Waals surface area contributed by atoms with Crippen LogP contribution >= 0.6 is 0 Å². The van der Waals surface area contributed by atoms with Gasteiger partial charge in [0.15, 0.2) is 0 Å². The normalized spacial score (nSPS) is 16.1. The highest BCUT2D eigenvalue weighted by Gasteiger charge is 2.51. The van der Waals surface area contributed by atoms with Crippen molar-refractivity contribution in [3.63, 3.8) is 0 Å². The quantitative estimate of drug-likeness (QED) is 0.218. The molecule has 7 rings (SSSR count). The molecule has 1 saturated heterocycles. The second-order valence-electron chi connectivity index (χ2n) is 11.7. The van der Waals surface area contributed by atoms with E-state index in [1.165, 1.54) is 44.1 Å². The molecule has 0 amide bonds. The van der Waals surface area contributed by atoms with Crippen molar-refractivity contribution in [1.82, 2.24) is 4.57 Å². The van der Waals surface area contributed by atoms with E-state index in [9.17, 15) is 0 Å². The van der Waals surface area contributed by atoms with Gasteiger partial charge in [0, 0.05) is 16.5 Å². The Hall–Kier alpha value is -4.12. The Labute approximate surface area is 236 Å². The molecule has 1 fully saturated rings. The maximum absolute atomic E-state index is 6.23. The molecular weight excluding hydrogens is 489 g/mol. The highest BCUT2D eigenvalue weighted by Crippen LogP contribution is 2.37. The summed E-state index contributed by atoms with van der Waals surface area (Å²) < 4.78 is 14.8. The van der Waals surface area contributed by atoms with Gasteiger partial charge in [-0.25, -0.2) is 0 Å². The number of rotatable bonds is 4. The third-order valence-electron chi connectivity index (χ3n) is 8.68. The van der Waals surface area contributed by atoms with Gasteiger partial charge in [0.25, 0.3) is 0 Å². The highest BCUT2D eigenvalue weighted by molar-refractivity contribution is 6.62. The fourth-order valence-corrected chi connectivity index (χ4v) is 5.67. The van der Waals surface area contributed by atoms with Crippen LogP contribution in [0.2, 0.25) is 0 Å². The zero-order valence-electron chi connectivity index (χ0n) is 23.4. The summed E-state index contributed by atoms with van der Waals surface area (Å²) in [5.74, 6) is 0. The summed E-state index contributed by atoms with van der Waals surface area (Å²) in [4.78, 5) is 0. The fourth-order valence-electron chi connectivity index (χ4n) is 5.67. The number of hydrogen-bond donors (Lipinski definition) is 0. The molecule has 2 heterocycles. The van der Waals surface area contributed by atoms with Crippen LogP contribution in [-0.2, 0) is 9.31 Å². The van der Waals surface area contributed by atoms with E-state index >= 15 is 0 Å². The van der Waals surface area contributed by atoms with Crippen molar-refractivity contribution in [2.45, 2.75) is 38.9 Å². The number of aromatic nitrogens is 1. The molecule has 1 aliphatic rings. The second-order valence-corrected chi connectivity index (χ2v) is 11.7. The fraction of sp³-hybridized carbons (Fsp3) is 0.167. The van der Waals surface area contributed by atoms with E-state index in [0.717, 1.165) is 11.2 Å². The number of hydrogen-bond acceptors (Lipinski definition) is 2. The van der Waals surface area contributed by atoms with E-state index in [0.29, 0.717) is 0 Å². The van der Waals surface area contributed by atoms with Crippen molar-refractivity contribution in [3.8, 4) is 27.9 Å². The van der Waals surface area contributed by atoms with Gasteiger partial charge in [0.1, 0.15) is 0 Å². The molecule has 3 nitrogen and oxygen atoms in total. The molecule has 40 heavy (non-hydrogen) atoms. The van der Waals surface area contributed by atoms with Gasteiger partial charge in [-0.05, 0) is 79.7 Å². The Morgan fingerprint density at radius 1 is 0.500 bits per heavy atom. The summed E-state index contributed by atoms with van der Waals surface area (Å²) in [6, 6.07) is 43.4. The van der Waals surface area contributed by atoms with Gasteiger partial charge in [0.05, 0.1) is 22.2 Å². The largest absolute Gasteiger partial charge is 0.494 e. The summed E-state index contributed by atoms with van der Waals surface area (Å²) in [6.45, 7) is 8.34. The topological polar surface area (TPSA) is 23.4 Å². The van der Waals surface area contributed by atoms with Crippen LogP contribution in [0.3, 0.4) is 0 Å². The lowest BCUT2D eigenvalue weighted by atomic mass is 9.78. The average Bonchev–Trinajstić information content (AvgIpc) is 3.42. The van der Waals surface area contributed by atoms with E-state index in [-0.39, 0.29) is 18.3 Å². The zero-order valence-corrected chi connectivity index (χ0v) is 23.4. The van der Waals surface area contributed by atoms with Crippen LogP contribution in [0.1, 0.15) is 27.7 Å². The van der Waals surface area contributed by atoms with Crippen LogP contribution in [0, 0.1) is 0 Å². The molecule has 4 heteroatoms.